The zero-order valence-corrected chi connectivity index (χ0v) is 15.9. The fraction of sp³-hybridized carbons (Fsp3) is 0.500. The van der Waals surface area contributed by atoms with Gasteiger partial charge in [0.15, 0.2) is 9.84 Å². The summed E-state index contributed by atoms with van der Waals surface area (Å²) in [4.78, 5) is 12.4. The summed E-state index contributed by atoms with van der Waals surface area (Å²) in [6.07, 6.45) is 0.300. The number of halogens is 1. The van der Waals surface area contributed by atoms with E-state index in [2.05, 4.69) is 5.32 Å². The predicted molar refractivity (Wildman–Crippen MR) is 91.5 cm³/mol. The van der Waals surface area contributed by atoms with Gasteiger partial charge in [-0.15, -0.1) is 0 Å². The van der Waals surface area contributed by atoms with Crippen LogP contribution in [0, 0.1) is 0 Å². The average molecular weight is 395 g/mol. The van der Waals surface area contributed by atoms with Crippen molar-refractivity contribution in [3.8, 4) is 0 Å². The lowest BCUT2D eigenvalue weighted by Gasteiger charge is -2.24. The number of sulfonamides is 1. The first-order chi connectivity index (χ1) is 10.9. The van der Waals surface area contributed by atoms with Crippen LogP contribution in [0.5, 0.6) is 0 Å². The molecule has 134 valence electrons. The number of hydrogen-bond acceptors (Lipinski definition) is 5. The van der Waals surface area contributed by atoms with E-state index in [0.29, 0.717) is 6.42 Å². The number of carbonyl (C=O) groups is 1. The summed E-state index contributed by atoms with van der Waals surface area (Å²) in [5.74, 6) is -0.749. The van der Waals surface area contributed by atoms with E-state index in [9.17, 15) is 21.6 Å². The quantitative estimate of drug-likeness (QED) is 0.817. The van der Waals surface area contributed by atoms with Crippen LogP contribution in [0.25, 0.3) is 0 Å². The highest BCUT2D eigenvalue weighted by Crippen LogP contribution is 2.26. The number of rotatable bonds is 4. The van der Waals surface area contributed by atoms with Crippen molar-refractivity contribution in [1.29, 1.82) is 0 Å². The molecule has 7 nitrogen and oxygen atoms in total. The van der Waals surface area contributed by atoms with Crippen LogP contribution in [0.4, 0.5) is 0 Å². The lowest BCUT2D eigenvalue weighted by Crippen LogP contribution is -2.47. The minimum Gasteiger partial charge on any atom is -0.346 e. The molecule has 1 atom stereocenters. The molecule has 10 heteroatoms. The molecule has 1 N–H and O–H groups in total. The lowest BCUT2D eigenvalue weighted by atomic mass is 10.0. The molecule has 1 aromatic carbocycles. The molecule has 1 saturated heterocycles. The highest BCUT2D eigenvalue weighted by Gasteiger charge is 2.39. The van der Waals surface area contributed by atoms with Crippen molar-refractivity contribution >= 4 is 37.4 Å². The van der Waals surface area contributed by atoms with E-state index in [4.69, 9.17) is 11.6 Å². The Kier molecular flexibility index (Phi) is 5.02. The fourth-order valence-corrected chi connectivity index (χ4v) is 5.73. The fourth-order valence-electron chi connectivity index (χ4n) is 2.50. The Morgan fingerprint density at radius 1 is 1.33 bits per heavy atom. The monoisotopic (exact) mass is 394 g/mol. The van der Waals surface area contributed by atoms with Gasteiger partial charge in [0.1, 0.15) is 0 Å². The highest BCUT2D eigenvalue weighted by molar-refractivity contribution is 7.91. The molecule has 1 aromatic rings. The number of nitrogens with one attached hydrogen (secondary N) is 1. The second kappa shape index (κ2) is 6.29. The van der Waals surface area contributed by atoms with Gasteiger partial charge in [-0.25, -0.2) is 21.1 Å². The van der Waals surface area contributed by atoms with E-state index in [0.717, 1.165) is 4.31 Å². The molecule has 1 heterocycles. The van der Waals surface area contributed by atoms with E-state index in [1.54, 1.807) is 6.92 Å². The summed E-state index contributed by atoms with van der Waals surface area (Å²) < 4.78 is 48.7. The van der Waals surface area contributed by atoms with Crippen LogP contribution in [-0.4, -0.2) is 58.2 Å². The summed E-state index contributed by atoms with van der Waals surface area (Å²) in [6.45, 7) is 1.64. The minimum atomic E-state index is -3.71. The van der Waals surface area contributed by atoms with Crippen molar-refractivity contribution in [2.45, 2.75) is 23.8 Å². The van der Waals surface area contributed by atoms with Crippen LogP contribution in [-0.2, 0) is 19.9 Å². The Labute approximate surface area is 147 Å². The van der Waals surface area contributed by atoms with Crippen LogP contribution < -0.4 is 5.32 Å². The van der Waals surface area contributed by atoms with Crippen LogP contribution in [0.15, 0.2) is 23.1 Å². The Morgan fingerprint density at radius 3 is 2.46 bits per heavy atom. The maximum atomic E-state index is 12.5. The molecule has 0 bridgehead atoms. The third kappa shape index (κ3) is 3.90. The Balaban J connectivity index is 2.34. The maximum absolute atomic E-state index is 12.5. The molecule has 0 unspecified atom stereocenters. The van der Waals surface area contributed by atoms with Crippen LogP contribution in [0.2, 0.25) is 5.02 Å². The van der Waals surface area contributed by atoms with Gasteiger partial charge in [-0.3, -0.25) is 4.79 Å². The third-order valence-corrected chi connectivity index (χ3v) is 7.92. The molecule has 0 saturated carbocycles. The van der Waals surface area contributed by atoms with Gasteiger partial charge >= 0.3 is 0 Å². The Morgan fingerprint density at radius 2 is 1.96 bits per heavy atom. The second-order valence-corrected chi connectivity index (χ2v) is 11.0. The zero-order chi connectivity index (χ0) is 18.3. The number of nitrogens with zero attached hydrogens (tertiary/aromatic N) is 1. The van der Waals surface area contributed by atoms with Crippen molar-refractivity contribution in [3.05, 3.63) is 28.8 Å². The molecule has 0 radical (unpaired) electrons. The van der Waals surface area contributed by atoms with E-state index < -0.39 is 31.3 Å². The first kappa shape index (κ1) is 19.2. The van der Waals surface area contributed by atoms with E-state index in [1.165, 1.54) is 32.3 Å². The van der Waals surface area contributed by atoms with Gasteiger partial charge in [0.05, 0.1) is 32.5 Å². The highest BCUT2D eigenvalue weighted by atomic mass is 35.5. The summed E-state index contributed by atoms with van der Waals surface area (Å²) in [6, 6.07) is 3.84. The largest absolute Gasteiger partial charge is 0.346 e. The summed E-state index contributed by atoms with van der Waals surface area (Å²) in [7, 11) is -4.13. The van der Waals surface area contributed by atoms with Gasteiger partial charge in [-0.05, 0) is 31.5 Å². The average Bonchev–Trinajstić information content (AvgIpc) is 2.72. The molecule has 1 aliphatic rings. The van der Waals surface area contributed by atoms with Crippen molar-refractivity contribution < 1.29 is 21.6 Å². The molecule has 2 rings (SSSR count). The number of carbonyl (C=O) groups excluding carboxylic acids is 1. The molecule has 0 aromatic heterocycles. The second-order valence-electron chi connectivity index (χ2n) is 6.29. The zero-order valence-electron chi connectivity index (χ0n) is 13.5. The molecule has 1 fully saturated rings. The topological polar surface area (TPSA) is 101 Å². The van der Waals surface area contributed by atoms with Gasteiger partial charge in [-0.2, -0.15) is 0 Å². The Hall–Kier alpha value is -1.16. The van der Waals surface area contributed by atoms with Crippen molar-refractivity contribution in [2.24, 2.45) is 0 Å². The smallest absolute Gasteiger partial charge is 0.253 e. The normalized spacial score (nSPS) is 23.4. The first-order valence-electron chi connectivity index (χ1n) is 7.11. The number of benzene rings is 1. The summed E-state index contributed by atoms with van der Waals surface area (Å²) in [5.41, 5.74) is -0.902. The van der Waals surface area contributed by atoms with Crippen molar-refractivity contribution in [2.75, 3.05) is 25.6 Å². The van der Waals surface area contributed by atoms with Gasteiger partial charge in [-0.1, -0.05) is 11.6 Å². The SMILES string of the molecule is CN(C)S(=O)(=O)c1ccc(Cl)c(C(=O)N[C@@]2(C)CCS(=O)(=O)C2)c1. The molecule has 24 heavy (non-hydrogen) atoms. The first-order valence-corrected chi connectivity index (χ1v) is 10.8. The van der Waals surface area contributed by atoms with Gasteiger partial charge in [0.2, 0.25) is 10.0 Å². The molecular weight excluding hydrogens is 376 g/mol. The van der Waals surface area contributed by atoms with E-state index >= 15 is 0 Å². The molecule has 1 aliphatic heterocycles. The number of hydrogen-bond donors (Lipinski definition) is 1. The molecular formula is C14H19ClN2O5S2. The number of amides is 1. The number of sulfone groups is 1. The van der Waals surface area contributed by atoms with Gasteiger partial charge in [0.25, 0.3) is 5.91 Å². The van der Waals surface area contributed by atoms with Crippen LogP contribution in [0.3, 0.4) is 0 Å². The predicted octanol–water partition coefficient (Wildman–Crippen LogP) is 0.897. The van der Waals surface area contributed by atoms with Gasteiger partial charge < -0.3 is 5.32 Å². The minimum absolute atomic E-state index is 0.00651. The van der Waals surface area contributed by atoms with Crippen molar-refractivity contribution in [1.82, 2.24) is 9.62 Å². The van der Waals surface area contributed by atoms with Crippen LogP contribution in [0.1, 0.15) is 23.7 Å². The van der Waals surface area contributed by atoms with Crippen molar-refractivity contribution in [3.63, 3.8) is 0 Å². The lowest BCUT2D eigenvalue weighted by molar-refractivity contribution is 0.0915. The summed E-state index contributed by atoms with van der Waals surface area (Å²) in [5, 5.41) is 2.76. The van der Waals surface area contributed by atoms with Gasteiger partial charge in [0, 0.05) is 14.1 Å². The maximum Gasteiger partial charge on any atom is 0.253 e. The van der Waals surface area contributed by atoms with Crippen LogP contribution >= 0.6 is 11.6 Å². The van der Waals surface area contributed by atoms with E-state index in [-0.39, 0.29) is 27.0 Å². The molecule has 0 spiro atoms. The van der Waals surface area contributed by atoms with E-state index in [1.807, 2.05) is 0 Å². The Bertz CT molecular complexity index is 880. The summed E-state index contributed by atoms with van der Waals surface area (Å²) >= 11 is 6.02. The molecule has 1 amide bonds. The standard InChI is InChI=1S/C14H19ClN2O5S2/c1-14(6-7-23(19,20)9-14)16-13(18)11-8-10(4-5-12(11)15)24(21,22)17(2)3/h4-5,8H,6-7,9H2,1-3H3,(H,16,18)/t14-/m0/s1. The third-order valence-electron chi connectivity index (χ3n) is 3.88. The molecule has 0 aliphatic carbocycles.